The van der Waals surface area contributed by atoms with Crippen LogP contribution < -0.4 is 5.32 Å². The van der Waals surface area contributed by atoms with E-state index >= 15 is 0 Å². The second-order valence-electron chi connectivity index (χ2n) is 4.96. The Bertz CT molecular complexity index is 788. The number of amides is 1. The molecule has 0 aliphatic heterocycles. The van der Waals surface area contributed by atoms with Gasteiger partial charge < -0.3 is 10.3 Å². The quantitative estimate of drug-likeness (QED) is 0.760. The number of hydrogen-bond donors (Lipinski definition) is 2. The maximum Gasteiger partial charge on any atom is 0.267 e. The summed E-state index contributed by atoms with van der Waals surface area (Å²) in [5.74, 6) is -0.0715. The van der Waals surface area contributed by atoms with Crippen molar-refractivity contribution in [2.45, 2.75) is 26.7 Å². The number of aryl methyl sites for hydroxylation is 2. The van der Waals surface area contributed by atoms with Crippen LogP contribution in [-0.4, -0.2) is 15.9 Å². The molecule has 2 heterocycles. The Balaban J connectivity index is 1.91. The van der Waals surface area contributed by atoms with Gasteiger partial charge in [0.1, 0.15) is 4.88 Å². The zero-order valence-electron chi connectivity index (χ0n) is 12.1. The van der Waals surface area contributed by atoms with Gasteiger partial charge in [0.25, 0.3) is 5.91 Å². The number of aromatic nitrogens is 2. The minimum atomic E-state index is -0.0715. The fourth-order valence-corrected chi connectivity index (χ4v) is 3.29. The highest BCUT2D eigenvalue weighted by atomic mass is 32.1. The number of nitrogens with one attached hydrogen (secondary N) is 2. The van der Waals surface area contributed by atoms with Crippen molar-refractivity contribution in [1.82, 2.24) is 9.97 Å². The Kier molecular flexibility index (Phi) is 3.75. The molecule has 0 saturated heterocycles. The van der Waals surface area contributed by atoms with Crippen LogP contribution in [0.3, 0.4) is 0 Å². The number of fused-ring (bicyclic) bond motifs is 1. The molecule has 0 atom stereocenters. The zero-order chi connectivity index (χ0) is 14.8. The normalized spacial score (nSPS) is 11.0. The standard InChI is InChI=1S/C16H17N3OS/c1-3-5-14-15(21-10(2)18-14)16(20)19-13-7-4-6-12-11(13)8-9-17-12/h4,6-9,17H,3,5H2,1-2H3,(H,19,20). The Morgan fingerprint density at radius 1 is 1.38 bits per heavy atom. The second-order valence-corrected chi connectivity index (χ2v) is 6.16. The SMILES string of the molecule is CCCc1nc(C)sc1C(=O)Nc1cccc2[nH]ccc12. The first-order valence-electron chi connectivity index (χ1n) is 7.02. The molecule has 5 heteroatoms. The molecule has 2 aromatic heterocycles. The molecular formula is C16H17N3OS. The van der Waals surface area contributed by atoms with E-state index in [1.807, 2.05) is 37.4 Å². The van der Waals surface area contributed by atoms with Gasteiger partial charge in [-0.1, -0.05) is 19.4 Å². The molecule has 0 radical (unpaired) electrons. The molecule has 0 bridgehead atoms. The van der Waals surface area contributed by atoms with Crippen LogP contribution >= 0.6 is 11.3 Å². The van der Waals surface area contributed by atoms with Crippen molar-refractivity contribution in [2.75, 3.05) is 5.32 Å². The largest absolute Gasteiger partial charge is 0.361 e. The number of aromatic amines is 1. The van der Waals surface area contributed by atoms with E-state index < -0.39 is 0 Å². The number of anilines is 1. The highest BCUT2D eigenvalue weighted by Crippen LogP contribution is 2.25. The summed E-state index contributed by atoms with van der Waals surface area (Å²) in [5, 5.41) is 4.96. The van der Waals surface area contributed by atoms with Gasteiger partial charge in [0, 0.05) is 17.1 Å². The fourth-order valence-electron chi connectivity index (χ4n) is 2.43. The third-order valence-corrected chi connectivity index (χ3v) is 4.35. The molecule has 0 saturated carbocycles. The van der Waals surface area contributed by atoms with E-state index in [0.29, 0.717) is 0 Å². The summed E-state index contributed by atoms with van der Waals surface area (Å²) in [6, 6.07) is 7.81. The maximum atomic E-state index is 12.5. The Labute approximate surface area is 127 Å². The molecule has 0 unspecified atom stereocenters. The lowest BCUT2D eigenvalue weighted by Gasteiger charge is -2.06. The molecule has 4 nitrogen and oxygen atoms in total. The molecule has 3 rings (SSSR count). The molecular weight excluding hydrogens is 282 g/mol. The summed E-state index contributed by atoms with van der Waals surface area (Å²) in [5.41, 5.74) is 2.74. The number of nitrogens with zero attached hydrogens (tertiary/aromatic N) is 1. The number of rotatable bonds is 4. The Morgan fingerprint density at radius 2 is 2.24 bits per heavy atom. The van der Waals surface area contributed by atoms with E-state index in [4.69, 9.17) is 0 Å². The molecule has 21 heavy (non-hydrogen) atoms. The monoisotopic (exact) mass is 299 g/mol. The summed E-state index contributed by atoms with van der Waals surface area (Å²) in [6.07, 6.45) is 3.69. The number of thiazole rings is 1. The van der Waals surface area contributed by atoms with Crippen LogP contribution in [0.5, 0.6) is 0 Å². The van der Waals surface area contributed by atoms with Crippen LogP contribution in [-0.2, 0) is 6.42 Å². The van der Waals surface area contributed by atoms with Crippen LogP contribution in [0.2, 0.25) is 0 Å². The molecule has 1 amide bonds. The number of carbonyl (C=O) groups excluding carboxylic acids is 1. The van der Waals surface area contributed by atoms with E-state index in [-0.39, 0.29) is 5.91 Å². The van der Waals surface area contributed by atoms with E-state index in [9.17, 15) is 4.79 Å². The summed E-state index contributed by atoms with van der Waals surface area (Å²) in [7, 11) is 0. The van der Waals surface area contributed by atoms with Gasteiger partial charge in [-0.3, -0.25) is 4.79 Å². The van der Waals surface area contributed by atoms with Gasteiger partial charge in [0.2, 0.25) is 0 Å². The van der Waals surface area contributed by atoms with Crippen LogP contribution in [0.15, 0.2) is 30.5 Å². The molecule has 1 aromatic carbocycles. The van der Waals surface area contributed by atoms with E-state index in [1.54, 1.807) is 0 Å². The number of H-pyrrole nitrogens is 1. The van der Waals surface area contributed by atoms with Gasteiger partial charge in [0.15, 0.2) is 0 Å². The lowest BCUT2D eigenvalue weighted by atomic mass is 10.2. The Hall–Kier alpha value is -2.14. The molecule has 0 aliphatic rings. The van der Waals surface area contributed by atoms with Crippen LogP contribution in [0.4, 0.5) is 5.69 Å². The maximum absolute atomic E-state index is 12.5. The molecule has 3 aromatic rings. The van der Waals surface area contributed by atoms with Crippen molar-refractivity contribution in [1.29, 1.82) is 0 Å². The van der Waals surface area contributed by atoms with Crippen molar-refractivity contribution >= 4 is 33.8 Å². The third kappa shape index (κ3) is 2.69. The van der Waals surface area contributed by atoms with Gasteiger partial charge >= 0.3 is 0 Å². The molecule has 108 valence electrons. The average molecular weight is 299 g/mol. The third-order valence-electron chi connectivity index (χ3n) is 3.34. The molecule has 2 N–H and O–H groups in total. The van der Waals surface area contributed by atoms with Gasteiger partial charge in [-0.05, 0) is 31.5 Å². The topological polar surface area (TPSA) is 57.8 Å². The predicted octanol–water partition coefficient (Wildman–Crippen LogP) is 4.14. The van der Waals surface area contributed by atoms with Crippen molar-refractivity contribution < 1.29 is 4.79 Å². The molecule has 0 spiro atoms. The highest BCUT2D eigenvalue weighted by Gasteiger charge is 2.17. The summed E-state index contributed by atoms with van der Waals surface area (Å²) in [6.45, 7) is 4.03. The molecule has 0 aliphatic carbocycles. The fraction of sp³-hybridized carbons (Fsp3) is 0.250. The van der Waals surface area contributed by atoms with Crippen LogP contribution in [0.25, 0.3) is 10.9 Å². The smallest absolute Gasteiger partial charge is 0.267 e. The number of benzene rings is 1. The lowest BCUT2D eigenvalue weighted by Crippen LogP contribution is -2.12. The summed E-state index contributed by atoms with van der Waals surface area (Å²) >= 11 is 1.46. The number of carbonyl (C=O) groups is 1. The second kappa shape index (κ2) is 5.69. The highest BCUT2D eigenvalue weighted by molar-refractivity contribution is 7.13. The predicted molar refractivity (Wildman–Crippen MR) is 87.1 cm³/mol. The first-order chi connectivity index (χ1) is 10.2. The minimum absolute atomic E-state index is 0.0715. The van der Waals surface area contributed by atoms with E-state index in [2.05, 4.69) is 22.2 Å². The van der Waals surface area contributed by atoms with Crippen molar-refractivity contribution in [3.8, 4) is 0 Å². The average Bonchev–Trinajstić information content (AvgIpc) is 3.06. The van der Waals surface area contributed by atoms with Crippen molar-refractivity contribution in [3.63, 3.8) is 0 Å². The van der Waals surface area contributed by atoms with Gasteiger partial charge in [-0.15, -0.1) is 11.3 Å². The van der Waals surface area contributed by atoms with E-state index in [1.165, 1.54) is 11.3 Å². The zero-order valence-corrected chi connectivity index (χ0v) is 12.9. The number of hydrogen-bond acceptors (Lipinski definition) is 3. The lowest BCUT2D eigenvalue weighted by molar-refractivity contribution is 0.102. The summed E-state index contributed by atoms with van der Waals surface area (Å²) < 4.78 is 0. The van der Waals surface area contributed by atoms with Gasteiger partial charge in [0.05, 0.1) is 16.4 Å². The van der Waals surface area contributed by atoms with E-state index in [0.717, 1.165) is 45.0 Å². The summed E-state index contributed by atoms with van der Waals surface area (Å²) in [4.78, 5) is 20.9. The van der Waals surface area contributed by atoms with Crippen molar-refractivity contribution in [2.24, 2.45) is 0 Å². The Morgan fingerprint density at radius 3 is 3.05 bits per heavy atom. The first kappa shape index (κ1) is 13.8. The van der Waals surface area contributed by atoms with Crippen molar-refractivity contribution in [3.05, 3.63) is 46.0 Å². The van der Waals surface area contributed by atoms with Gasteiger partial charge in [-0.25, -0.2) is 4.98 Å². The van der Waals surface area contributed by atoms with Gasteiger partial charge in [-0.2, -0.15) is 0 Å². The van der Waals surface area contributed by atoms with Crippen LogP contribution in [0, 0.1) is 6.92 Å². The van der Waals surface area contributed by atoms with Crippen LogP contribution in [0.1, 0.15) is 33.7 Å². The first-order valence-corrected chi connectivity index (χ1v) is 7.84. The minimum Gasteiger partial charge on any atom is -0.361 e. The molecule has 0 fully saturated rings.